The van der Waals surface area contributed by atoms with Crippen LogP contribution in [0.3, 0.4) is 0 Å². The molecule has 1 amide bonds. The molecular formula is C10H17Cl2N3OS. The van der Waals surface area contributed by atoms with Gasteiger partial charge in [-0.05, 0) is 25.3 Å². The Morgan fingerprint density at radius 3 is 2.82 bits per heavy atom. The predicted octanol–water partition coefficient (Wildman–Crippen LogP) is 1.60. The minimum absolute atomic E-state index is 0. The van der Waals surface area contributed by atoms with Crippen LogP contribution in [-0.4, -0.2) is 24.0 Å². The second-order valence-electron chi connectivity index (χ2n) is 3.78. The van der Waals surface area contributed by atoms with Crippen molar-refractivity contribution in [3.63, 3.8) is 0 Å². The van der Waals surface area contributed by atoms with Gasteiger partial charge in [0, 0.05) is 11.6 Å². The number of thiazole rings is 1. The van der Waals surface area contributed by atoms with Crippen LogP contribution in [0.4, 0.5) is 0 Å². The summed E-state index contributed by atoms with van der Waals surface area (Å²) in [6, 6.07) is 0. The van der Waals surface area contributed by atoms with Gasteiger partial charge in [0.2, 0.25) is 5.91 Å². The summed E-state index contributed by atoms with van der Waals surface area (Å²) in [5.41, 5.74) is 0. The van der Waals surface area contributed by atoms with E-state index in [2.05, 4.69) is 15.6 Å². The number of amides is 1. The first kappa shape index (κ1) is 16.6. The van der Waals surface area contributed by atoms with Crippen molar-refractivity contribution in [1.29, 1.82) is 0 Å². The van der Waals surface area contributed by atoms with E-state index in [0.717, 1.165) is 17.5 Å². The fourth-order valence-electron chi connectivity index (χ4n) is 1.29. The van der Waals surface area contributed by atoms with Gasteiger partial charge in [0.1, 0.15) is 5.01 Å². The molecule has 0 unspecified atom stereocenters. The molecule has 4 nitrogen and oxygen atoms in total. The van der Waals surface area contributed by atoms with E-state index in [1.807, 2.05) is 5.38 Å². The van der Waals surface area contributed by atoms with Gasteiger partial charge in [-0.3, -0.25) is 4.79 Å². The van der Waals surface area contributed by atoms with E-state index in [1.165, 1.54) is 12.8 Å². The first-order valence-corrected chi connectivity index (χ1v) is 6.08. The molecule has 1 fully saturated rings. The van der Waals surface area contributed by atoms with Crippen LogP contribution >= 0.6 is 36.2 Å². The predicted molar refractivity (Wildman–Crippen MR) is 74.1 cm³/mol. The van der Waals surface area contributed by atoms with E-state index >= 15 is 0 Å². The molecule has 1 heterocycles. The van der Waals surface area contributed by atoms with Crippen molar-refractivity contribution in [2.75, 3.05) is 13.1 Å². The molecule has 0 spiro atoms. The van der Waals surface area contributed by atoms with Gasteiger partial charge < -0.3 is 10.6 Å². The zero-order chi connectivity index (χ0) is 10.5. The molecule has 17 heavy (non-hydrogen) atoms. The van der Waals surface area contributed by atoms with Crippen molar-refractivity contribution < 1.29 is 4.79 Å². The fraction of sp³-hybridized carbons (Fsp3) is 0.600. The zero-order valence-electron chi connectivity index (χ0n) is 9.35. The second-order valence-corrected chi connectivity index (χ2v) is 4.76. The number of rotatable bonds is 6. The van der Waals surface area contributed by atoms with Crippen molar-refractivity contribution in [2.24, 2.45) is 5.92 Å². The van der Waals surface area contributed by atoms with Gasteiger partial charge in [0.15, 0.2) is 0 Å². The molecular weight excluding hydrogens is 281 g/mol. The summed E-state index contributed by atoms with van der Waals surface area (Å²) in [5.74, 6) is 0.864. The fourth-order valence-corrected chi connectivity index (χ4v) is 1.84. The van der Waals surface area contributed by atoms with Gasteiger partial charge in [-0.2, -0.15) is 0 Å². The number of hydrogen-bond acceptors (Lipinski definition) is 4. The Balaban J connectivity index is 0.00000128. The number of nitrogens with zero attached hydrogens (tertiary/aromatic N) is 1. The third kappa shape index (κ3) is 6.83. The van der Waals surface area contributed by atoms with Crippen LogP contribution in [0.1, 0.15) is 17.8 Å². The van der Waals surface area contributed by atoms with Gasteiger partial charge in [0.05, 0.1) is 13.1 Å². The lowest BCUT2D eigenvalue weighted by molar-refractivity contribution is -0.120. The summed E-state index contributed by atoms with van der Waals surface area (Å²) < 4.78 is 0. The first-order valence-electron chi connectivity index (χ1n) is 5.20. The molecule has 0 aromatic carbocycles. The lowest BCUT2D eigenvalue weighted by Crippen LogP contribution is -2.34. The molecule has 0 bridgehead atoms. The van der Waals surface area contributed by atoms with Crippen LogP contribution in [0.25, 0.3) is 0 Å². The molecule has 98 valence electrons. The van der Waals surface area contributed by atoms with E-state index in [0.29, 0.717) is 13.1 Å². The lowest BCUT2D eigenvalue weighted by atomic mass is 10.4. The third-order valence-corrected chi connectivity index (χ3v) is 3.12. The molecule has 1 aliphatic carbocycles. The number of aromatic nitrogens is 1. The van der Waals surface area contributed by atoms with Crippen molar-refractivity contribution in [3.8, 4) is 0 Å². The SMILES string of the molecule is Cl.Cl.O=C(CNCC1CC1)NCc1nccs1. The number of nitrogens with one attached hydrogen (secondary N) is 2. The third-order valence-electron chi connectivity index (χ3n) is 2.34. The Bertz CT molecular complexity index is 317. The largest absolute Gasteiger partial charge is 0.348 e. The summed E-state index contributed by atoms with van der Waals surface area (Å²) >= 11 is 1.56. The second kappa shape index (κ2) is 8.69. The van der Waals surface area contributed by atoms with Crippen LogP contribution in [0.15, 0.2) is 11.6 Å². The van der Waals surface area contributed by atoms with Crippen LogP contribution in [0.2, 0.25) is 0 Å². The van der Waals surface area contributed by atoms with Gasteiger partial charge >= 0.3 is 0 Å². The van der Waals surface area contributed by atoms with Gasteiger partial charge in [-0.25, -0.2) is 4.98 Å². The smallest absolute Gasteiger partial charge is 0.234 e. The highest BCUT2D eigenvalue weighted by Gasteiger charge is 2.20. The average molecular weight is 298 g/mol. The Kier molecular flexibility index (Phi) is 8.51. The number of carbonyl (C=O) groups excluding carboxylic acids is 1. The number of hydrogen-bond donors (Lipinski definition) is 2. The van der Waals surface area contributed by atoms with Crippen molar-refractivity contribution >= 4 is 42.1 Å². The normalized spacial score (nSPS) is 13.4. The van der Waals surface area contributed by atoms with E-state index in [-0.39, 0.29) is 30.7 Å². The number of halogens is 2. The van der Waals surface area contributed by atoms with Crippen molar-refractivity contribution in [1.82, 2.24) is 15.6 Å². The zero-order valence-corrected chi connectivity index (χ0v) is 11.8. The molecule has 2 rings (SSSR count). The average Bonchev–Trinajstić information content (AvgIpc) is 2.91. The maximum absolute atomic E-state index is 11.3. The Labute approximate surface area is 117 Å². The molecule has 0 aliphatic heterocycles. The van der Waals surface area contributed by atoms with Gasteiger partial charge in [0.25, 0.3) is 0 Å². The maximum atomic E-state index is 11.3. The standard InChI is InChI=1S/C10H15N3OS.2ClH/c14-9(6-11-5-8-1-2-8)13-7-10-12-3-4-15-10;;/h3-4,8,11H,1-2,5-7H2,(H,13,14);2*1H. The van der Waals surface area contributed by atoms with Crippen LogP contribution < -0.4 is 10.6 Å². The van der Waals surface area contributed by atoms with E-state index in [1.54, 1.807) is 17.5 Å². The summed E-state index contributed by atoms with van der Waals surface area (Å²) in [5, 5.41) is 8.83. The quantitative estimate of drug-likeness (QED) is 0.839. The summed E-state index contributed by atoms with van der Waals surface area (Å²) in [4.78, 5) is 15.4. The molecule has 1 aromatic rings. The molecule has 1 saturated carbocycles. The molecule has 0 saturated heterocycles. The van der Waals surface area contributed by atoms with Crippen LogP contribution in [0, 0.1) is 5.92 Å². The minimum Gasteiger partial charge on any atom is -0.348 e. The molecule has 7 heteroatoms. The summed E-state index contributed by atoms with van der Waals surface area (Å²) in [7, 11) is 0. The Morgan fingerprint density at radius 1 is 1.47 bits per heavy atom. The molecule has 0 atom stereocenters. The number of carbonyl (C=O) groups is 1. The van der Waals surface area contributed by atoms with E-state index in [9.17, 15) is 4.79 Å². The molecule has 2 N–H and O–H groups in total. The van der Waals surface area contributed by atoms with Crippen LogP contribution in [0.5, 0.6) is 0 Å². The van der Waals surface area contributed by atoms with Crippen molar-refractivity contribution in [3.05, 3.63) is 16.6 Å². The summed E-state index contributed by atoms with van der Waals surface area (Å²) in [6.45, 7) is 1.94. The van der Waals surface area contributed by atoms with Gasteiger partial charge in [-0.1, -0.05) is 0 Å². The lowest BCUT2D eigenvalue weighted by Gasteiger charge is -2.04. The Hall–Kier alpha value is -0.360. The van der Waals surface area contributed by atoms with Gasteiger partial charge in [-0.15, -0.1) is 36.2 Å². The monoisotopic (exact) mass is 297 g/mol. The highest BCUT2D eigenvalue weighted by Crippen LogP contribution is 2.27. The molecule has 1 aliphatic rings. The van der Waals surface area contributed by atoms with E-state index < -0.39 is 0 Å². The maximum Gasteiger partial charge on any atom is 0.234 e. The highest BCUT2D eigenvalue weighted by molar-refractivity contribution is 7.09. The first-order chi connectivity index (χ1) is 7.34. The van der Waals surface area contributed by atoms with Crippen LogP contribution in [-0.2, 0) is 11.3 Å². The van der Waals surface area contributed by atoms with E-state index in [4.69, 9.17) is 0 Å². The highest BCUT2D eigenvalue weighted by atomic mass is 35.5. The van der Waals surface area contributed by atoms with Crippen molar-refractivity contribution in [2.45, 2.75) is 19.4 Å². The topological polar surface area (TPSA) is 54.0 Å². The minimum atomic E-state index is 0. The summed E-state index contributed by atoms with van der Waals surface area (Å²) in [6.07, 6.45) is 4.37. The molecule has 0 radical (unpaired) electrons. The molecule has 1 aromatic heterocycles. The Morgan fingerprint density at radius 2 is 2.24 bits per heavy atom.